The van der Waals surface area contributed by atoms with Gasteiger partial charge in [-0.15, -0.1) is 0 Å². The highest BCUT2D eigenvalue weighted by Crippen LogP contribution is 2.01. The zero-order valence-corrected chi connectivity index (χ0v) is 10.2. The average Bonchev–Trinajstić information content (AvgIpc) is 2.57. The van der Waals surface area contributed by atoms with E-state index in [1.807, 2.05) is 17.9 Å². The van der Waals surface area contributed by atoms with Crippen LogP contribution < -0.4 is 5.32 Å². The Morgan fingerprint density at radius 3 is 2.80 bits per heavy atom. The zero-order chi connectivity index (χ0) is 11.1. The van der Waals surface area contributed by atoms with E-state index in [1.165, 1.54) is 18.4 Å². The van der Waals surface area contributed by atoms with Crippen molar-refractivity contribution >= 4 is 0 Å². The van der Waals surface area contributed by atoms with E-state index in [9.17, 15) is 0 Å². The molecule has 0 bridgehead atoms. The van der Waals surface area contributed by atoms with Crippen molar-refractivity contribution in [3.63, 3.8) is 0 Å². The van der Waals surface area contributed by atoms with Gasteiger partial charge in [-0.1, -0.05) is 13.8 Å². The molecule has 1 heterocycles. The van der Waals surface area contributed by atoms with E-state index in [2.05, 4.69) is 30.5 Å². The van der Waals surface area contributed by atoms with Crippen molar-refractivity contribution in [2.24, 2.45) is 13.0 Å². The summed E-state index contributed by atoms with van der Waals surface area (Å²) in [4.78, 5) is 0. The summed E-state index contributed by atoms with van der Waals surface area (Å²) in [5.74, 6) is 0.824. The molecule has 0 spiro atoms. The highest BCUT2D eigenvalue weighted by atomic mass is 15.2. The minimum absolute atomic E-state index is 0.824. The van der Waals surface area contributed by atoms with Gasteiger partial charge < -0.3 is 5.32 Å². The zero-order valence-electron chi connectivity index (χ0n) is 10.2. The minimum Gasteiger partial charge on any atom is -0.316 e. The third-order valence-corrected chi connectivity index (χ3v) is 2.48. The first kappa shape index (κ1) is 12.2. The number of hydrogen-bond acceptors (Lipinski definition) is 2. The number of aryl methyl sites for hydroxylation is 1. The predicted octanol–water partition coefficient (Wildman–Crippen LogP) is 1.99. The van der Waals surface area contributed by atoms with E-state index in [-0.39, 0.29) is 0 Å². The molecule has 1 aromatic rings. The molecule has 0 aliphatic heterocycles. The van der Waals surface area contributed by atoms with E-state index in [4.69, 9.17) is 0 Å². The number of nitrogens with one attached hydrogen (secondary N) is 1. The molecule has 0 saturated carbocycles. The van der Waals surface area contributed by atoms with Crippen LogP contribution in [0.2, 0.25) is 0 Å². The lowest BCUT2D eigenvalue weighted by Gasteiger charge is -2.05. The first-order valence-corrected chi connectivity index (χ1v) is 5.86. The Morgan fingerprint density at radius 1 is 1.40 bits per heavy atom. The Bertz CT molecular complexity index is 266. The number of nitrogens with zero attached hydrogens (tertiary/aromatic N) is 2. The molecule has 1 rings (SSSR count). The predicted molar refractivity (Wildman–Crippen MR) is 63.9 cm³/mol. The fourth-order valence-electron chi connectivity index (χ4n) is 1.59. The lowest BCUT2D eigenvalue weighted by Crippen LogP contribution is -2.18. The molecule has 3 heteroatoms. The summed E-state index contributed by atoms with van der Waals surface area (Å²) in [5, 5.41) is 7.61. The van der Waals surface area contributed by atoms with Gasteiger partial charge in [-0.2, -0.15) is 5.10 Å². The second-order valence-electron chi connectivity index (χ2n) is 4.56. The lowest BCUT2D eigenvalue weighted by atomic mass is 10.1. The molecular formula is C12H23N3. The second-order valence-corrected chi connectivity index (χ2v) is 4.56. The van der Waals surface area contributed by atoms with Crippen molar-refractivity contribution in [1.29, 1.82) is 0 Å². The third kappa shape index (κ3) is 5.57. The Balaban J connectivity index is 1.98. The normalized spacial score (nSPS) is 11.2. The van der Waals surface area contributed by atoms with Crippen molar-refractivity contribution in [1.82, 2.24) is 15.1 Å². The van der Waals surface area contributed by atoms with Crippen LogP contribution in [0.1, 0.15) is 32.3 Å². The van der Waals surface area contributed by atoms with Crippen molar-refractivity contribution in [2.45, 2.75) is 33.1 Å². The van der Waals surface area contributed by atoms with Crippen LogP contribution in [0.15, 0.2) is 12.4 Å². The van der Waals surface area contributed by atoms with Crippen molar-refractivity contribution < 1.29 is 0 Å². The van der Waals surface area contributed by atoms with Gasteiger partial charge in [0, 0.05) is 13.2 Å². The van der Waals surface area contributed by atoms with Crippen LogP contribution in [0.5, 0.6) is 0 Å². The highest BCUT2D eigenvalue weighted by Gasteiger charge is 1.96. The molecule has 3 nitrogen and oxygen atoms in total. The Hall–Kier alpha value is -0.830. The van der Waals surface area contributed by atoms with Gasteiger partial charge in [0.2, 0.25) is 0 Å². The molecular weight excluding hydrogens is 186 g/mol. The maximum atomic E-state index is 4.14. The smallest absolute Gasteiger partial charge is 0.0522 e. The monoisotopic (exact) mass is 209 g/mol. The highest BCUT2D eigenvalue weighted by molar-refractivity contribution is 5.03. The van der Waals surface area contributed by atoms with Gasteiger partial charge in [0.05, 0.1) is 6.20 Å². The van der Waals surface area contributed by atoms with Crippen molar-refractivity contribution in [3.05, 3.63) is 18.0 Å². The van der Waals surface area contributed by atoms with Gasteiger partial charge in [-0.05, 0) is 43.8 Å². The summed E-state index contributed by atoms with van der Waals surface area (Å²) < 4.78 is 1.86. The molecule has 0 unspecified atom stereocenters. The summed E-state index contributed by atoms with van der Waals surface area (Å²) in [6.45, 7) is 6.74. The SMILES string of the molecule is CC(C)CCCNCCc1cnn(C)c1. The van der Waals surface area contributed by atoms with Gasteiger partial charge in [0.1, 0.15) is 0 Å². The van der Waals surface area contributed by atoms with Crippen molar-refractivity contribution in [2.75, 3.05) is 13.1 Å². The third-order valence-electron chi connectivity index (χ3n) is 2.48. The molecule has 0 amide bonds. The molecule has 0 saturated heterocycles. The van der Waals surface area contributed by atoms with Crippen LogP contribution in [-0.2, 0) is 13.5 Å². The molecule has 1 N–H and O–H groups in total. The minimum atomic E-state index is 0.824. The molecule has 0 aliphatic rings. The molecule has 86 valence electrons. The summed E-state index contributed by atoms with van der Waals surface area (Å²) in [7, 11) is 1.96. The molecule has 1 aromatic heterocycles. The van der Waals surface area contributed by atoms with Gasteiger partial charge >= 0.3 is 0 Å². The van der Waals surface area contributed by atoms with Gasteiger partial charge in [0.25, 0.3) is 0 Å². The van der Waals surface area contributed by atoms with Gasteiger partial charge in [0.15, 0.2) is 0 Å². The summed E-state index contributed by atoms with van der Waals surface area (Å²) >= 11 is 0. The Morgan fingerprint density at radius 2 is 2.20 bits per heavy atom. The van der Waals surface area contributed by atoms with Crippen molar-refractivity contribution in [3.8, 4) is 0 Å². The van der Waals surface area contributed by atoms with Crippen LogP contribution >= 0.6 is 0 Å². The summed E-state index contributed by atoms with van der Waals surface area (Å²) in [5.41, 5.74) is 1.31. The number of hydrogen-bond donors (Lipinski definition) is 1. The van der Waals surface area contributed by atoms with Gasteiger partial charge in [-0.25, -0.2) is 0 Å². The van der Waals surface area contributed by atoms with E-state index in [0.29, 0.717) is 0 Å². The number of aromatic nitrogens is 2. The average molecular weight is 209 g/mol. The maximum absolute atomic E-state index is 4.14. The maximum Gasteiger partial charge on any atom is 0.0522 e. The topological polar surface area (TPSA) is 29.9 Å². The standard InChI is InChI=1S/C12H23N3/c1-11(2)5-4-7-13-8-6-12-9-14-15(3)10-12/h9-11,13H,4-8H2,1-3H3. The first-order valence-electron chi connectivity index (χ1n) is 5.86. The number of rotatable bonds is 7. The van der Waals surface area contributed by atoms with Crippen LogP contribution in [0.4, 0.5) is 0 Å². The molecule has 0 aliphatic carbocycles. The quantitative estimate of drug-likeness (QED) is 0.696. The van der Waals surface area contributed by atoms with E-state index in [1.54, 1.807) is 0 Å². The molecule has 0 radical (unpaired) electrons. The lowest BCUT2D eigenvalue weighted by molar-refractivity contribution is 0.528. The fraction of sp³-hybridized carbons (Fsp3) is 0.750. The molecule has 0 fully saturated rings. The van der Waals surface area contributed by atoms with Gasteiger partial charge in [-0.3, -0.25) is 4.68 Å². The second kappa shape index (κ2) is 6.62. The van der Waals surface area contributed by atoms with Crippen LogP contribution in [0, 0.1) is 5.92 Å². The summed E-state index contributed by atoms with van der Waals surface area (Å²) in [6.07, 6.45) is 7.70. The van der Waals surface area contributed by atoms with E-state index in [0.717, 1.165) is 25.4 Å². The fourth-order valence-corrected chi connectivity index (χ4v) is 1.59. The summed E-state index contributed by atoms with van der Waals surface area (Å²) in [6, 6.07) is 0. The van der Waals surface area contributed by atoms with E-state index < -0.39 is 0 Å². The Kier molecular flexibility index (Phi) is 5.40. The van der Waals surface area contributed by atoms with E-state index >= 15 is 0 Å². The first-order chi connectivity index (χ1) is 7.18. The van der Waals surface area contributed by atoms with Crippen LogP contribution in [0.3, 0.4) is 0 Å². The molecule has 0 atom stereocenters. The van der Waals surface area contributed by atoms with Crippen LogP contribution in [-0.4, -0.2) is 22.9 Å². The molecule has 15 heavy (non-hydrogen) atoms. The van der Waals surface area contributed by atoms with Crippen LogP contribution in [0.25, 0.3) is 0 Å². The molecule has 0 aromatic carbocycles. The Labute approximate surface area is 92.9 Å². The largest absolute Gasteiger partial charge is 0.316 e.